The molecule has 0 aromatic carbocycles. The minimum atomic E-state index is -4.82. The van der Waals surface area contributed by atoms with Crippen LogP contribution in [-0.4, -0.2) is 26.5 Å². The van der Waals surface area contributed by atoms with Crippen molar-refractivity contribution in [3.05, 3.63) is 0 Å². The number of phosphoric ester groups is 1. The number of carboxylic acid groups (broad SMARTS) is 1. The van der Waals surface area contributed by atoms with Gasteiger partial charge in [0.05, 0.1) is 0 Å². The third-order valence-electron chi connectivity index (χ3n) is 0.197. The van der Waals surface area contributed by atoms with Gasteiger partial charge in [0.25, 0.3) is 0 Å². The van der Waals surface area contributed by atoms with E-state index < -0.39 is 14.0 Å². The lowest BCUT2D eigenvalue weighted by molar-refractivity contribution is 0.126. The number of carbonyl (C=O) groups is 1. The Morgan fingerprint density at radius 1 is 1.44 bits per heavy atom. The van der Waals surface area contributed by atoms with Crippen LogP contribution in [0.15, 0.2) is 0 Å². The monoisotopic (exact) mass is 160 g/mol. The molecule has 0 saturated heterocycles. The van der Waals surface area contributed by atoms with Gasteiger partial charge in [-0.2, -0.15) is 0 Å². The van der Waals surface area contributed by atoms with Crippen molar-refractivity contribution in [1.29, 1.82) is 0 Å². The van der Waals surface area contributed by atoms with Crippen molar-refractivity contribution in [3.8, 4) is 0 Å². The van der Waals surface area contributed by atoms with Crippen LogP contribution >= 0.6 is 7.82 Å². The summed E-state index contributed by atoms with van der Waals surface area (Å²) in [7, 11) is -4.82. The predicted octanol–water partition coefficient (Wildman–Crippen LogP) is -1.05. The quantitative estimate of drug-likeness (QED) is 0.418. The number of rotatable bonds is 1. The maximum Gasteiger partial charge on any atom is 0.529 e. The third kappa shape index (κ3) is 11.1. The molecule has 0 aliphatic heterocycles. The average molecular weight is 160 g/mol. The fourth-order valence-corrected chi connectivity index (χ4v) is 0.305. The van der Waals surface area contributed by atoms with Gasteiger partial charge in [0.1, 0.15) is 0 Å². The van der Waals surface area contributed by atoms with Crippen molar-refractivity contribution in [2.75, 3.05) is 0 Å². The van der Waals surface area contributed by atoms with E-state index in [2.05, 4.69) is 4.52 Å². The minimum Gasteiger partial charge on any atom is -0.449 e. The topological polar surface area (TPSA) is 136 Å². The molecule has 5 N–H and O–H groups in total. The van der Waals surface area contributed by atoms with Crippen LogP contribution in [0.5, 0.6) is 0 Å². The summed E-state index contributed by atoms with van der Waals surface area (Å²) in [5.41, 5.74) is 0. The SMILES string of the molecule is O.O=C(O)OP(=O)(O)O. The summed E-state index contributed by atoms with van der Waals surface area (Å²) < 4.78 is 12.6. The molecular weight excluding hydrogens is 155 g/mol. The van der Waals surface area contributed by atoms with Gasteiger partial charge < -0.3 is 15.1 Å². The summed E-state index contributed by atoms with van der Waals surface area (Å²) in [6, 6.07) is 0. The summed E-state index contributed by atoms with van der Waals surface area (Å²) in [4.78, 5) is 24.7. The molecule has 9 heavy (non-hydrogen) atoms. The zero-order valence-electron chi connectivity index (χ0n) is 4.01. The van der Waals surface area contributed by atoms with E-state index in [-0.39, 0.29) is 5.48 Å². The smallest absolute Gasteiger partial charge is 0.449 e. The van der Waals surface area contributed by atoms with E-state index in [4.69, 9.17) is 14.9 Å². The second kappa shape index (κ2) is 3.41. The van der Waals surface area contributed by atoms with Crippen molar-refractivity contribution in [2.45, 2.75) is 0 Å². The first kappa shape index (κ1) is 11.2. The molecule has 0 aromatic heterocycles. The Kier molecular flexibility index (Phi) is 4.25. The van der Waals surface area contributed by atoms with Crippen molar-refractivity contribution < 1.29 is 34.3 Å². The van der Waals surface area contributed by atoms with E-state index >= 15 is 0 Å². The first-order valence-corrected chi connectivity index (χ1v) is 2.93. The Labute approximate surface area is 49.4 Å². The van der Waals surface area contributed by atoms with Crippen molar-refractivity contribution in [1.82, 2.24) is 0 Å². The molecule has 7 nitrogen and oxygen atoms in total. The van der Waals surface area contributed by atoms with Crippen molar-refractivity contribution in [3.63, 3.8) is 0 Å². The van der Waals surface area contributed by atoms with Crippen LogP contribution in [0.1, 0.15) is 0 Å². The molecular formula is CH5O7P. The standard InChI is InChI=1S/CH3O6P.H2O/c2-1(3)7-8(4,5)6;/h(H,2,3)(H2,4,5,6);1H2. The number of hydrogen-bond acceptors (Lipinski definition) is 3. The second-order valence-electron chi connectivity index (χ2n) is 0.848. The van der Waals surface area contributed by atoms with Gasteiger partial charge in [-0.25, -0.2) is 9.36 Å². The highest BCUT2D eigenvalue weighted by molar-refractivity contribution is 7.46. The molecule has 0 spiro atoms. The largest absolute Gasteiger partial charge is 0.529 e. The van der Waals surface area contributed by atoms with Crippen LogP contribution < -0.4 is 0 Å². The van der Waals surface area contributed by atoms with E-state index in [0.717, 1.165) is 0 Å². The van der Waals surface area contributed by atoms with Gasteiger partial charge in [-0.05, 0) is 0 Å². The number of hydrogen-bond donors (Lipinski definition) is 3. The molecule has 0 atom stereocenters. The highest BCUT2D eigenvalue weighted by Gasteiger charge is 2.18. The Morgan fingerprint density at radius 3 is 1.78 bits per heavy atom. The van der Waals surface area contributed by atoms with E-state index in [1.54, 1.807) is 0 Å². The Morgan fingerprint density at radius 2 is 1.78 bits per heavy atom. The third-order valence-corrected chi connectivity index (χ3v) is 0.591. The molecule has 0 bridgehead atoms. The molecule has 0 aliphatic carbocycles. The van der Waals surface area contributed by atoms with Crippen LogP contribution in [0.3, 0.4) is 0 Å². The van der Waals surface area contributed by atoms with Gasteiger partial charge >= 0.3 is 14.0 Å². The van der Waals surface area contributed by atoms with Gasteiger partial charge in [-0.3, -0.25) is 9.79 Å². The van der Waals surface area contributed by atoms with E-state index in [0.29, 0.717) is 0 Å². The Hall–Kier alpha value is -0.620. The molecule has 0 radical (unpaired) electrons. The van der Waals surface area contributed by atoms with Crippen LogP contribution in [0, 0.1) is 0 Å². The first-order valence-electron chi connectivity index (χ1n) is 1.40. The van der Waals surface area contributed by atoms with Crippen molar-refractivity contribution >= 4 is 14.0 Å². The fourth-order valence-electron chi connectivity index (χ4n) is 0.102. The summed E-state index contributed by atoms with van der Waals surface area (Å²) in [6.07, 6.45) is -1.99. The number of phosphoric acid groups is 1. The first-order chi connectivity index (χ1) is 3.42. The lowest BCUT2D eigenvalue weighted by atomic mass is 11.5. The van der Waals surface area contributed by atoms with Crippen LogP contribution in [0.25, 0.3) is 0 Å². The van der Waals surface area contributed by atoms with E-state index in [9.17, 15) is 9.36 Å². The van der Waals surface area contributed by atoms with Crippen LogP contribution in [-0.2, 0) is 9.09 Å². The Balaban J connectivity index is 0. The summed E-state index contributed by atoms with van der Waals surface area (Å²) in [5.74, 6) is 0. The predicted molar refractivity (Wildman–Crippen MR) is 24.8 cm³/mol. The average Bonchev–Trinajstić information content (AvgIpc) is 1.21. The van der Waals surface area contributed by atoms with Gasteiger partial charge in [0.2, 0.25) is 0 Å². The minimum absolute atomic E-state index is 0. The lowest BCUT2D eigenvalue weighted by Crippen LogP contribution is -1.95. The molecule has 0 amide bonds. The normalized spacial score (nSPS) is 9.56. The molecule has 8 heteroatoms. The van der Waals surface area contributed by atoms with Crippen LogP contribution in [0.2, 0.25) is 0 Å². The van der Waals surface area contributed by atoms with Crippen molar-refractivity contribution in [2.24, 2.45) is 0 Å². The molecule has 0 rings (SSSR count). The van der Waals surface area contributed by atoms with Gasteiger partial charge in [-0.1, -0.05) is 0 Å². The highest BCUT2D eigenvalue weighted by atomic mass is 31.2. The molecule has 0 aromatic rings. The van der Waals surface area contributed by atoms with E-state index in [1.807, 2.05) is 0 Å². The zero-order valence-corrected chi connectivity index (χ0v) is 4.91. The van der Waals surface area contributed by atoms with Gasteiger partial charge in [0, 0.05) is 0 Å². The summed E-state index contributed by atoms with van der Waals surface area (Å²) in [5, 5.41) is 7.53. The maximum atomic E-state index is 9.53. The Bertz CT molecular complexity index is 132. The summed E-state index contributed by atoms with van der Waals surface area (Å²) in [6.45, 7) is 0. The molecule has 56 valence electrons. The van der Waals surface area contributed by atoms with E-state index in [1.165, 1.54) is 0 Å². The summed E-state index contributed by atoms with van der Waals surface area (Å²) >= 11 is 0. The fraction of sp³-hybridized carbons (Fsp3) is 0. The molecule has 0 heterocycles. The molecule has 0 unspecified atom stereocenters. The zero-order chi connectivity index (χ0) is 6.78. The molecule has 0 saturated carbocycles. The van der Waals surface area contributed by atoms with Crippen LogP contribution in [0.4, 0.5) is 4.79 Å². The van der Waals surface area contributed by atoms with Gasteiger partial charge in [-0.15, -0.1) is 0 Å². The maximum absolute atomic E-state index is 9.53. The second-order valence-corrected chi connectivity index (χ2v) is 2.01. The van der Waals surface area contributed by atoms with Gasteiger partial charge in [0.15, 0.2) is 0 Å². The lowest BCUT2D eigenvalue weighted by Gasteiger charge is -1.97. The highest BCUT2D eigenvalue weighted by Crippen LogP contribution is 2.35. The molecule has 0 fully saturated rings. The molecule has 0 aliphatic rings.